The third kappa shape index (κ3) is 2.31. The van der Waals surface area contributed by atoms with Crippen LogP contribution in [0.1, 0.15) is 30.9 Å². The zero-order valence-corrected chi connectivity index (χ0v) is 11.1. The molecule has 1 aromatic rings. The van der Waals surface area contributed by atoms with Gasteiger partial charge in [-0.2, -0.15) is 13.2 Å². The molecule has 1 N–H and O–H groups in total. The van der Waals surface area contributed by atoms with Gasteiger partial charge in [0.2, 0.25) is 0 Å². The molecule has 2 rings (SSSR count). The molecule has 0 aromatic heterocycles. The Labute approximate surface area is 111 Å². The highest BCUT2D eigenvalue weighted by molar-refractivity contribution is 5.43. The molecule has 1 atom stereocenters. The summed E-state index contributed by atoms with van der Waals surface area (Å²) in [5.41, 5.74) is -0.873. The van der Waals surface area contributed by atoms with Gasteiger partial charge in [0, 0.05) is 0 Å². The summed E-state index contributed by atoms with van der Waals surface area (Å²) < 4.78 is 45.9. The van der Waals surface area contributed by atoms with Crippen LogP contribution < -0.4 is 10.1 Å². The first-order chi connectivity index (χ1) is 8.94. The van der Waals surface area contributed by atoms with Gasteiger partial charge in [0.1, 0.15) is 11.3 Å². The van der Waals surface area contributed by atoms with Crippen molar-refractivity contribution in [1.29, 1.82) is 0 Å². The number of aryl methyl sites for hydroxylation is 1. The summed E-state index contributed by atoms with van der Waals surface area (Å²) in [6.45, 7) is 1.97. The molecule has 1 aliphatic carbocycles. The van der Waals surface area contributed by atoms with E-state index >= 15 is 0 Å². The summed E-state index contributed by atoms with van der Waals surface area (Å²) >= 11 is 0. The van der Waals surface area contributed by atoms with Gasteiger partial charge in [0.25, 0.3) is 0 Å². The van der Waals surface area contributed by atoms with E-state index in [4.69, 9.17) is 4.74 Å². The van der Waals surface area contributed by atoms with Crippen molar-refractivity contribution in [3.8, 4) is 5.75 Å². The first kappa shape index (κ1) is 14.2. The number of halogens is 3. The van der Waals surface area contributed by atoms with E-state index in [1.807, 2.05) is 0 Å². The quantitative estimate of drug-likeness (QED) is 0.911. The molecule has 0 bridgehead atoms. The minimum absolute atomic E-state index is 0.0739. The Bertz CT molecular complexity index is 458. The van der Waals surface area contributed by atoms with Crippen molar-refractivity contribution in [3.63, 3.8) is 0 Å². The van der Waals surface area contributed by atoms with E-state index in [0.29, 0.717) is 24.2 Å². The summed E-state index contributed by atoms with van der Waals surface area (Å²) in [5.74, 6) is 0.465. The molecule has 19 heavy (non-hydrogen) atoms. The van der Waals surface area contributed by atoms with Crippen LogP contribution in [0, 0.1) is 0 Å². The largest absolute Gasteiger partial charge is 0.497 e. The number of benzene rings is 1. The Hall–Kier alpha value is -1.23. The van der Waals surface area contributed by atoms with E-state index in [-0.39, 0.29) is 13.0 Å². The van der Waals surface area contributed by atoms with Crippen molar-refractivity contribution in [2.45, 2.75) is 37.9 Å². The van der Waals surface area contributed by atoms with Crippen LogP contribution in [0.15, 0.2) is 18.2 Å². The Morgan fingerprint density at radius 2 is 2.11 bits per heavy atom. The Balaban J connectivity index is 2.59. The lowest BCUT2D eigenvalue weighted by molar-refractivity contribution is -0.205. The van der Waals surface area contributed by atoms with E-state index in [0.717, 1.165) is 5.56 Å². The van der Waals surface area contributed by atoms with Crippen LogP contribution in [0.2, 0.25) is 0 Å². The van der Waals surface area contributed by atoms with Crippen molar-refractivity contribution < 1.29 is 17.9 Å². The maximum absolute atomic E-state index is 13.6. The molecule has 0 heterocycles. The van der Waals surface area contributed by atoms with Gasteiger partial charge < -0.3 is 10.1 Å². The second kappa shape index (κ2) is 5.04. The number of fused-ring (bicyclic) bond motifs is 1. The number of nitrogens with one attached hydrogen (secondary N) is 1. The predicted molar refractivity (Wildman–Crippen MR) is 67.3 cm³/mol. The van der Waals surface area contributed by atoms with Crippen LogP contribution in [0.4, 0.5) is 13.2 Å². The molecule has 2 nitrogen and oxygen atoms in total. The Morgan fingerprint density at radius 3 is 2.68 bits per heavy atom. The van der Waals surface area contributed by atoms with Crippen molar-refractivity contribution >= 4 is 0 Å². The number of alkyl halides is 3. The van der Waals surface area contributed by atoms with Gasteiger partial charge in [-0.25, -0.2) is 0 Å². The molecule has 1 aromatic carbocycles. The van der Waals surface area contributed by atoms with Gasteiger partial charge in [-0.1, -0.05) is 13.0 Å². The topological polar surface area (TPSA) is 21.3 Å². The standard InChI is InChI=1S/C14H18F3NO/c1-3-18-13(14(15,16)17)8-4-5-10-6-7-11(19-2)9-12(10)13/h6-7,9,18H,3-5,8H2,1-2H3. The monoisotopic (exact) mass is 273 g/mol. The van der Waals surface area contributed by atoms with Gasteiger partial charge >= 0.3 is 6.18 Å². The fourth-order valence-electron chi connectivity index (χ4n) is 2.86. The summed E-state index contributed by atoms with van der Waals surface area (Å²) in [4.78, 5) is 0. The molecule has 0 saturated heterocycles. The second-order valence-corrected chi connectivity index (χ2v) is 4.81. The normalized spacial score (nSPS) is 23.0. The van der Waals surface area contributed by atoms with Crippen LogP contribution in [0.3, 0.4) is 0 Å². The summed E-state index contributed by atoms with van der Waals surface area (Å²) in [6, 6.07) is 4.98. The average molecular weight is 273 g/mol. The van der Waals surface area contributed by atoms with E-state index in [9.17, 15) is 13.2 Å². The number of hydrogen-bond donors (Lipinski definition) is 1. The molecule has 1 aliphatic rings. The van der Waals surface area contributed by atoms with Crippen molar-refractivity contribution in [3.05, 3.63) is 29.3 Å². The fraction of sp³-hybridized carbons (Fsp3) is 0.571. The molecule has 5 heteroatoms. The summed E-state index contributed by atoms with van der Waals surface area (Å²) in [6.07, 6.45) is -3.02. The van der Waals surface area contributed by atoms with Crippen LogP contribution in [0.5, 0.6) is 5.75 Å². The lowest BCUT2D eigenvalue weighted by atomic mass is 9.75. The fourth-order valence-corrected chi connectivity index (χ4v) is 2.86. The minimum Gasteiger partial charge on any atom is -0.497 e. The van der Waals surface area contributed by atoms with Crippen molar-refractivity contribution in [2.75, 3.05) is 13.7 Å². The van der Waals surface area contributed by atoms with E-state index in [1.165, 1.54) is 13.2 Å². The first-order valence-corrected chi connectivity index (χ1v) is 6.44. The number of methoxy groups -OCH3 is 1. The molecule has 0 spiro atoms. The second-order valence-electron chi connectivity index (χ2n) is 4.81. The van der Waals surface area contributed by atoms with Gasteiger partial charge in [-0.3, -0.25) is 0 Å². The van der Waals surface area contributed by atoms with Gasteiger partial charge in [-0.05, 0) is 49.1 Å². The predicted octanol–water partition coefficient (Wildman–Crippen LogP) is 3.40. The first-order valence-electron chi connectivity index (χ1n) is 6.44. The lowest BCUT2D eigenvalue weighted by Gasteiger charge is -2.41. The molecular formula is C14H18F3NO. The number of hydrogen-bond acceptors (Lipinski definition) is 2. The molecular weight excluding hydrogens is 255 g/mol. The molecule has 1 unspecified atom stereocenters. The molecule has 106 valence electrons. The summed E-state index contributed by atoms with van der Waals surface area (Å²) in [7, 11) is 1.47. The van der Waals surface area contributed by atoms with Crippen LogP contribution >= 0.6 is 0 Å². The van der Waals surface area contributed by atoms with Crippen LogP contribution in [-0.2, 0) is 12.0 Å². The highest BCUT2D eigenvalue weighted by atomic mass is 19.4. The molecule has 0 aliphatic heterocycles. The van der Waals surface area contributed by atoms with Crippen LogP contribution in [0.25, 0.3) is 0 Å². The number of rotatable bonds is 3. The molecule has 0 amide bonds. The lowest BCUT2D eigenvalue weighted by Crippen LogP contribution is -2.55. The van der Waals surface area contributed by atoms with Gasteiger partial charge in [-0.15, -0.1) is 0 Å². The molecule has 0 fully saturated rings. The van der Waals surface area contributed by atoms with E-state index in [2.05, 4.69) is 5.32 Å². The zero-order chi connectivity index (χ0) is 14.1. The third-order valence-corrected chi connectivity index (χ3v) is 3.74. The van der Waals surface area contributed by atoms with Gasteiger partial charge in [0.05, 0.1) is 7.11 Å². The van der Waals surface area contributed by atoms with Crippen molar-refractivity contribution in [1.82, 2.24) is 5.32 Å². The molecule has 0 radical (unpaired) electrons. The van der Waals surface area contributed by atoms with E-state index < -0.39 is 11.7 Å². The van der Waals surface area contributed by atoms with Crippen LogP contribution in [-0.4, -0.2) is 19.8 Å². The molecule has 0 saturated carbocycles. The van der Waals surface area contributed by atoms with Gasteiger partial charge in [0.15, 0.2) is 0 Å². The average Bonchev–Trinajstić information content (AvgIpc) is 2.37. The van der Waals surface area contributed by atoms with E-state index in [1.54, 1.807) is 19.1 Å². The smallest absolute Gasteiger partial charge is 0.410 e. The Morgan fingerprint density at radius 1 is 1.37 bits per heavy atom. The SMILES string of the molecule is CCNC1(C(F)(F)F)CCCc2ccc(OC)cc21. The minimum atomic E-state index is -4.31. The maximum atomic E-state index is 13.6. The number of ether oxygens (including phenoxy) is 1. The highest BCUT2D eigenvalue weighted by Gasteiger charge is 2.56. The Kier molecular flexibility index (Phi) is 3.76. The highest BCUT2D eigenvalue weighted by Crippen LogP contribution is 2.47. The zero-order valence-electron chi connectivity index (χ0n) is 11.1. The maximum Gasteiger partial charge on any atom is 0.410 e. The third-order valence-electron chi connectivity index (χ3n) is 3.74. The summed E-state index contributed by atoms with van der Waals surface area (Å²) in [5, 5.41) is 2.66. The van der Waals surface area contributed by atoms with Crippen molar-refractivity contribution in [2.24, 2.45) is 0 Å².